The Hall–Kier alpha value is -2.70. The molecule has 0 saturated carbocycles. The summed E-state index contributed by atoms with van der Waals surface area (Å²) >= 11 is 0. The zero-order valence-electron chi connectivity index (χ0n) is 12.5. The molecule has 3 aromatic rings. The first-order valence-electron chi connectivity index (χ1n) is 7.21. The number of hydrogen-bond acceptors (Lipinski definition) is 4. The molecule has 0 aliphatic carbocycles. The van der Waals surface area contributed by atoms with Crippen LogP contribution in [0, 0.1) is 5.92 Å². The third-order valence-electron chi connectivity index (χ3n) is 3.63. The predicted octanol–water partition coefficient (Wildman–Crippen LogP) is 1.61. The average Bonchev–Trinajstić information content (AvgIpc) is 3.16. The van der Waals surface area contributed by atoms with Crippen molar-refractivity contribution >= 4 is 16.9 Å². The Kier molecular flexibility index (Phi) is 3.86. The number of hydrogen-bond donors (Lipinski definition) is 2. The van der Waals surface area contributed by atoms with Gasteiger partial charge < -0.3 is 10.3 Å². The van der Waals surface area contributed by atoms with Crippen LogP contribution in [0.2, 0.25) is 0 Å². The molecule has 0 aliphatic rings. The average molecular weight is 298 g/mol. The number of aromatic nitrogens is 5. The summed E-state index contributed by atoms with van der Waals surface area (Å²) in [4.78, 5) is 21.2. The van der Waals surface area contributed by atoms with Gasteiger partial charge in [0.2, 0.25) is 0 Å². The molecular weight excluding hydrogens is 280 g/mol. The van der Waals surface area contributed by atoms with Crippen LogP contribution in [-0.2, 0) is 6.54 Å². The summed E-state index contributed by atoms with van der Waals surface area (Å²) in [7, 11) is 0. The van der Waals surface area contributed by atoms with Gasteiger partial charge in [0.1, 0.15) is 0 Å². The number of carbonyl (C=O) groups is 1. The first kappa shape index (κ1) is 14.2. The van der Waals surface area contributed by atoms with E-state index >= 15 is 0 Å². The van der Waals surface area contributed by atoms with Gasteiger partial charge >= 0.3 is 0 Å². The number of amides is 1. The summed E-state index contributed by atoms with van der Waals surface area (Å²) in [5.41, 5.74) is 2.30. The predicted molar refractivity (Wildman–Crippen MR) is 82.2 cm³/mol. The van der Waals surface area contributed by atoms with Crippen LogP contribution in [0.1, 0.15) is 24.2 Å². The van der Waals surface area contributed by atoms with Crippen LogP contribution in [0.4, 0.5) is 0 Å². The number of imidazole rings is 1. The molecule has 114 valence electrons. The molecule has 1 aromatic carbocycles. The largest absolute Gasteiger partial charge is 0.347 e. The lowest BCUT2D eigenvalue weighted by molar-refractivity contribution is 0.0918. The summed E-state index contributed by atoms with van der Waals surface area (Å²) in [5.74, 6) is 0.160. The van der Waals surface area contributed by atoms with Crippen molar-refractivity contribution in [2.45, 2.75) is 26.4 Å². The Balaban J connectivity index is 1.75. The molecule has 7 nitrogen and oxygen atoms in total. The monoisotopic (exact) mass is 298 g/mol. The summed E-state index contributed by atoms with van der Waals surface area (Å²) in [5, 5.41) is 11.2. The molecule has 0 spiro atoms. The minimum Gasteiger partial charge on any atom is -0.347 e. The zero-order chi connectivity index (χ0) is 15.5. The molecule has 1 atom stereocenters. The maximum atomic E-state index is 12.5. The lowest BCUT2D eigenvalue weighted by Crippen LogP contribution is -2.42. The Morgan fingerprint density at radius 3 is 2.82 bits per heavy atom. The summed E-state index contributed by atoms with van der Waals surface area (Å²) in [6.07, 6.45) is 4.88. The Labute approximate surface area is 127 Å². The minimum absolute atomic E-state index is 0.0441. The molecule has 2 aromatic heterocycles. The Morgan fingerprint density at radius 1 is 1.32 bits per heavy atom. The first-order valence-corrected chi connectivity index (χ1v) is 7.21. The van der Waals surface area contributed by atoms with Gasteiger partial charge in [0.05, 0.1) is 42.3 Å². The zero-order valence-corrected chi connectivity index (χ0v) is 12.5. The second-order valence-corrected chi connectivity index (χ2v) is 5.54. The Morgan fingerprint density at radius 2 is 2.09 bits per heavy atom. The van der Waals surface area contributed by atoms with Crippen LogP contribution >= 0.6 is 0 Å². The van der Waals surface area contributed by atoms with E-state index in [9.17, 15) is 4.79 Å². The van der Waals surface area contributed by atoms with Crippen molar-refractivity contribution in [3.63, 3.8) is 0 Å². The molecule has 22 heavy (non-hydrogen) atoms. The van der Waals surface area contributed by atoms with E-state index in [-0.39, 0.29) is 17.9 Å². The highest BCUT2D eigenvalue weighted by atomic mass is 16.1. The van der Waals surface area contributed by atoms with E-state index in [0.29, 0.717) is 12.1 Å². The van der Waals surface area contributed by atoms with Crippen LogP contribution in [0.5, 0.6) is 0 Å². The number of nitrogens with zero attached hydrogens (tertiary/aromatic N) is 4. The molecule has 2 heterocycles. The molecule has 0 saturated heterocycles. The molecule has 0 aliphatic heterocycles. The molecule has 0 bridgehead atoms. The fourth-order valence-corrected chi connectivity index (χ4v) is 2.27. The van der Waals surface area contributed by atoms with E-state index in [1.807, 2.05) is 6.07 Å². The number of benzene rings is 1. The number of rotatable bonds is 5. The van der Waals surface area contributed by atoms with Gasteiger partial charge in [-0.1, -0.05) is 13.8 Å². The standard InChI is InChI=1S/C15H18N6O/c1-10(2)14(8-21-18-5-6-19-21)20-15(22)11-3-4-12-13(7-11)17-9-16-12/h3-7,9-10,14H,8H2,1-2H3,(H,16,17)(H,20,22)/t14-/m1/s1. The molecule has 3 rings (SSSR count). The highest BCUT2D eigenvalue weighted by Crippen LogP contribution is 2.12. The van der Waals surface area contributed by atoms with Gasteiger partial charge in [0.15, 0.2) is 0 Å². The van der Waals surface area contributed by atoms with Gasteiger partial charge in [-0.2, -0.15) is 15.0 Å². The number of nitrogens with one attached hydrogen (secondary N) is 2. The van der Waals surface area contributed by atoms with Crippen molar-refractivity contribution in [3.05, 3.63) is 42.5 Å². The van der Waals surface area contributed by atoms with Crippen molar-refractivity contribution in [1.82, 2.24) is 30.3 Å². The fourth-order valence-electron chi connectivity index (χ4n) is 2.27. The normalized spacial score (nSPS) is 12.7. The van der Waals surface area contributed by atoms with Crippen molar-refractivity contribution < 1.29 is 4.79 Å². The number of fused-ring (bicyclic) bond motifs is 1. The molecule has 7 heteroatoms. The SMILES string of the molecule is CC(C)[C@@H](Cn1nccn1)NC(=O)c1ccc2nc[nH]c2c1. The van der Waals surface area contributed by atoms with Crippen LogP contribution in [0.25, 0.3) is 11.0 Å². The molecule has 0 fully saturated rings. The molecular formula is C15H18N6O. The number of carbonyl (C=O) groups excluding carboxylic acids is 1. The van der Waals surface area contributed by atoms with Gasteiger partial charge in [0, 0.05) is 5.56 Å². The van der Waals surface area contributed by atoms with Crippen molar-refractivity contribution in [1.29, 1.82) is 0 Å². The third-order valence-corrected chi connectivity index (χ3v) is 3.63. The van der Waals surface area contributed by atoms with E-state index in [2.05, 4.69) is 39.3 Å². The summed E-state index contributed by atoms with van der Waals surface area (Å²) < 4.78 is 0. The third kappa shape index (κ3) is 2.98. The maximum absolute atomic E-state index is 12.5. The molecule has 0 radical (unpaired) electrons. The number of H-pyrrole nitrogens is 1. The summed E-state index contributed by atoms with van der Waals surface area (Å²) in [6, 6.07) is 5.38. The van der Waals surface area contributed by atoms with E-state index < -0.39 is 0 Å². The highest BCUT2D eigenvalue weighted by Gasteiger charge is 2.18. The number of aromatic amines is 1. The highest BCUT2D eigenvalue weighted by molar-refractivity contribution is 5.97. The van der Waals surface area contributed by atoms with Gasteiger partial charge in [-0.3, -0.25) is 4.79 Å². The van der Waals surface area contributed by atoms with Crippen molar-refractivity contribution in [2.24, 2.45) is 5.92 Å². The first-order chi connectivity index (χ1) is 10.6. The van der Waals surface area contributed by atoms with E-state index in [1.54, 1.807) is 35.7 Å². The second kappa shape index (κ2) is 5.97. The van der Waals surface area contributed by atoms with Crippen LogP contribution in [0.15, 0.2) is 36.9 Å². The summed E-state index contributed by atoms with van der Waals surface area (Å²) in [6.45, 7) is 4.67. The van der Waals surface area contributed by atoms with E-state index in [4.69, 9.17) is 0 Å². The van der Waals surface area contributed by atoms with Crippen molar-refractivity contribution in [3.8, 4) is 0 Å². The second-order valence-electron chi connectivity index (χ2n) is 5.54. The van der Waals surface area contributed by atoms with E-state index in [1.165, 1.54) is 0 Å². The minimum atomic E-state index is -0.109. The van der Waals surface area contributed by atoms with Gasteiger partial charge in [0.25, 0.3) is 5.91 Å². The lowest BCUT2D eigenvalue weighted by Gasteiger charge is -2.21. The van der Waals surface area contributed by atoms with Gasteiger partial charge in [-0.05, 0) is 24.1 Å². The maximum Gasteiger partial charge on any atom is 0.251 e. The Bertz CT molecular complexity index is 761. The molecule has 1 amide bonds. The van der Waals surface area contributed by atoms with Gasteiger partial charge in [-0.15, -0.1) is 0 Å². The van der Waals surface area contributed by atoms with Crippen LogP contribution in [0.3, 0.4) is 0 Å². The topological polar surface area (TPSA) is 88.5 Å². The van der Waals surface area contributed by atoms with Crippen LogP contribution in [-0.4, -0.2) is 36.9 Å². The quantitative estimate of drug-likeness (QED) is 0.749. The fraction of sp³-hybridized carbons (Fsp3) is 0.333. The smallest absolute Gasteiger partial charge is 0.251 e. The van der Waals surface area contributed by atoms with E-state index in [0.717, 1.165) is 11.0 Å². The molecule has 2 N–H and O–H groups in total. The van der Waals surface area contributed by atoms with Crippen LogP contribution < -0.4 is 5.32 Å². The van der Waals surface area contributed by atoms with Gasteiger partial charge in [-0.25, -0.2) is 4.98 Å². The lowest BCUT2D eigenvalue weighted by atomic mass is 10.0. The van der Waals surface area contributed by atoms with Crippen molar-refractivity contribution in [2.75, 3.05) is 0 Å². The molecule has 0 unspecified atom stereocenters.